The summed E-state index contributed by atoms with van der Waals surface area (Å²) in [4.78, 5) is 29.6. The summed E-state index contributed by atoms with van der Waals surface area (Å²) in [6, 6.07) is 1.25. The molecule has 2 aromatic heterocycles. The van der Waals surface area contributed by atoms with Gasteiger partial charge in [-0.25, -0.2) is 9.97 Å². The van der Waals surface area contributed by atoms with E-state index in [2.05, 4.69) is 15.3 Å². The molecule has 2 heterocycles. The summed E-state index contributed by atoms with van der Waals surface area (Å²) in [6.07, 6.45) is 2.85. The van der Waals surface area contributed by atoms with Crippen molar-refractivity contribution in [3.63, 3.8) is 0 Å². The number of halogens is 1. The lowest BCUT2D eigenvalue weighted by Gasteiger charge is -2.04. The van der Waals surface area contributed by atoms with E-state index in [4.69, 9.17) is 11.6 Å². The third-order valence-electron chi connectivity index (χ3n) is 2.19. The Morgan fingerprint density at radius 1 is 1.47 bits per heavy atom. The zero-order chi connectivity index (χ0) is 13.8. The number of carbonyl (C=O) groups excluding carboxylic acids is 1. The van der Waals surface area contributed by atoms with Crippen LogP contribution in [0.2, 0.25) is 5.15 Å². The molecular weight excluding hydrogens is 292 g/mol. The van der Waals surface area contributed by atoms with Gasteiger partial charge in [0.05, 0.1) is 11.5 Å². The second kappa shape index (κ2) is 5.72. The first-order chi connectivity index (χ1) is 9.09. The molecule has 2 rings (SSSR count). The lowest BCUT2D eigenvalue weighted by Crippen LogP contribution is -2.23. The van der Waals surface area contributed by atoms with E-state index in [0.717, 1.165) is 0 Å². The molecular formula is C10H7ClN4O3S. The van der Waals surface area contributed by atoms with Crippen molar-refractivity contribution in [1.29, 1.82) is 0 Å². The van der Waals surface area contributed by atoms with Gasteiger partial charge >= 0.3 is 5.69 Å². The van der Waals surface area contributed by atoms with Gasteiger partial charge < -0.3 is 5.32 Å². The molecule has 2 aromatic rings. The van der Waals surface area contributed by atoms with Crippen LogP contribution >= 0.6 is 22.9 Å². The fourth-order valence-electron chi connectivity index (χ4n) is 1.38. The van der Waals surface area contributed by atoms with E-state index in [9.17, 15) is 14.9 Å². The molecule has 0 aliphatic carbocycles. The number of nitrogens with zero attached hydrogens (tertiary/aromatic N) is 3. The average Bonchev–Trinajstić information content (AvgIpc) is 2.88. The lowest BCUT2D eigenvalue weighted by atomic mass is 10.2. The SMILES string of the molecule is O=C(NCc1nccs1)c1ccnc(Cl)c1[N+](=O)[O-]. The zero-order valence-electron chi connectivity index (χ0n) is 9.37. The molecule has 0 saturated heterocycles. The van der Waals surface area contributed by atoms with Crippen molar-refractivity contribution < 1.29 is 9.72 Å². The van der Waals surface area contributed by atoms with Gasteiger partial charge in [0.25, 0.3) is 5.91 Å². The van der Waals surface area contributed by atoms with Gasteiger partial charge in [0.1, 0.15) is 10.6 Å². The highest BCUT2D eigenvalue weighted by molar-refractivity contribution is 7.09. The molecule has 1 amide bonds. The van der Waals surface area contributed by atoms with Crippen molar-refractivity contribution in [2.75, 3.05) is 0 Å². The number of hydrogen-bond donors (Lipinski definition) is 1. The molecule has 0 aromatic carbocycles. The van der Waals surface area contributed by atoms with Crippen LogP contribution < -0.4 is 5.32 Å². The van der Waals surface area contributed by atoms with Gasteiger partial charge in [0.15, 0.2) is 0 Å². The van der Waals surface area contributed by atoms with Gasteiger partial charge in [0.2, 0.25) is 5.15 Å². The van der Waals surface area contributed by atoms with Gasteiger partial charge in [-0.05, 0) is 6.07 Å². The monoisotopic (exact) mass is 298 g/mol. The van der Waals surface area contributed by atoms with Gasteiger partial charge in [-0.2, -0.15) is 0 Å². The maximum Gasteiger partial charge on any atom is 0.319 e. The Morgan fingerprint density at radius 2 is 2.26 bits per heavy atom. The van der Waals surface area contributed by atoms with Crippen molar-refractivity contribution in [1.82, 2.24) is 15.3 Å². The Kier molecular flexibility index (Phi) is 4.03. The van der Waals surface area contributed by atoms with Crippen LogP contribution in [0.1, 0.15) is 15.4 Å². The van der Waals surface area contributed by atoms with Crippen molar-refractivity contribution >= 4 is 34.5 Å². The second-order valence-corrected chi connectivity index (χ2v) is 4.70. The number of pyridine rings is 1. The summed E-state index contributed by atoms with van der Waals surface area (Å²) >= 11 is 7.00. The van der Waals surface area contributed by atoms with E-state index in [1.165, 1.54) is 23.6 Å². The van der Waals surface area contributed by atoms with Crippen LogP contribution in [-0.4, -0.2) is 20.8 Å². The number of nitro groups is 1. The topological polar surface area (TPSA) is 98.0 Å². The summed E-state index contributed by atoms with van der Waals surface area (Å²) in [5, 5.41) is 15.6. The molecule has 0 aliphatic rings. The van der Waals surface area contributed by atoms with E-state index in [0.29, 0.717) is 5.01 Å². The van der Waals surface area contributed by atoms with Gasteiger partial charge in [-0.15, -0.1) is 11.3 Å². The number of thiazole rings is 1. The van der Waals surface area contributed by atoms with Gasteiger partial charge in [0, 0.05) is 17.8 Å². The Bertz CT molecular complexity index is 617. The maximum atomic E-state index is 11.9. The molecule has 98 valence electrons. The summed E-state index contributed by atoms with van der Waals surface area (Å²) in [5.74, 6) is -0.591. The third kappa shape index (κ3) is 3.04. The maximum absolute atomic E-state index is 11.9. The predicted octanol–water partition coefficient (Wildman–Crippen LogP) is 2.03. The highest BCUT2D eigenvalue weighted by atomic mass is 35.5. The zero-order valence-corrected chi connectivity index (χ0v) is 10.9. The first kappa shape index (κ1) is 13.4. The number of rotatable bonds is 4. The van der Waals surface area contributed by atoms with Crippen LogP contribution in [-0.2, 0) is 6.54 Å². The van der Waals surface area contributed by atoms with E-state index in [1.807, 2.05) is 0 Å². The molecule has 0 aliphatic heterocycles. The summed E-state index contributed by atoms with van der Waals surface area (Å²) < 4.78 is 0. The quantitative estimate of drug-likeness (QED) is 0.529. The number of aromatic nitrogens is 2. The summed E-state index contributed by atoms with van der Waals surface area (Å²) in [7, 11) is 0. The molecule has 0 saturated carbocycles. The number of hydrogen-bond acceptors (Lipinski definition) is 6. The normalized spacial score (nSPS) is 10.2. The molecule has 7 nitrogen and oxygen atoms in total. The van der Waals surface area contributed by atoms with Crippen molar-refractivity contribution in [2.24, 2.45) is 0 Å². The minimum atomic E-state index is -0.729. The molecule has 1 N–H and O–H groups in total. The van der Waals surface area contributed by atoms with Crippen LogP contribution in [0.5, 0.6) is 0 Å². The molecule has 19 heavy (non-hydrogen) atoms. The Hall–Kier alpha value is -2.06. The average molecular weight is 299 g/mol. The largest absolute Gasteiger partial charge is 0.345 e. The molecule has 0 radical (unpaired) electrons. The second-order valence-electron chi connectivity index (χ2n) is 3.36. The fourth-order valence-corrected chi connectivity index (χ4v) is 2.16. The van der Waals surface area contributed by atoms with E-state index >= 15 is 0 Å². The lowest BCUT2D eigenvalue weighted by molar-refractivity contribution is -0.385. The van der Waals surface area contributed by atoms with Crippen molar-refractivity contribution in [3.8, 4) is 0 Å². The first-order valence-corrected chi connectivity index (χ1v) is 6.31. The Morgan fingerprint density at radius 3 is 2.89 bits per heavy atom. The summed E-state index contributed by atoms with van der Waals surface area (Å²) in [6.45, 7) is 0.202. The van der Waals surface area contributed by atoms with Crippen LogP contribution in [0.15, 0.2) is 23.8 Å². The minimum absolute atomic E-state index is 0.124. The standard InChI is InChI=1S/C10H7ClN4O3S/c11-9-8(15(17)18)6(1-2-13-9)10(16)14-5-7-12-3-4-19-7/h1-4H,5H2,(H,14,16). The smallest absolute Gasteiger partial charge is 0.319 e. The van der Waals surface area contributed by atoms with Crippen LogP contribution in [0, 0.1) is 10.1 Å². The third-order valence-corrected chi connectivity index (χ3v) is 3.25. The van der Waals surface area contributed by atoms with Gasteiger partial charge in [-0.1, -0.05) is 11.6 Å². The van der Waals surface area contributed by atoms with E-state index in [-0.39, 0.29) is 17.3 Å². The summed E-state index contributed by atoms with van der Waals surface area (Å²) in [5.41, 5.74) is -0.623. The Labute approximate surface area is 116 Å². The van der Waals surface area contributed by atoms with Crippen LogP contribution in [0.3, 0.4) is 0 Å². The van der Waals surface area contributed by atoms with Crippen LogP contribution in [0.25, 0.3) is 0 Å². The van der Waals surface area contributed by atoms with Crippen molar-refractivity contribution in [2.45, 2.75) is 6.54 Å². The molecule has 0 bridgehead atoms. The highest BCUT2D eigenvalue weighted by Gasteiger charge is 2.24. The van der Waals surface area contributed by atoms with E-state index < -0.39 is 16.5 Å². The Balaban J connectivity index is 2.19. The number of amides is 1. The van der Waals surface area contributed by atoms with Crippen molar-refractivity contribution in [3.05, 3.63) is 49.7 Å². The number of nitrogens with one attached hydrogen (secondary N) is 1. The molecule has 0 unspecified atom stereocenters. The molecule has 0 fully saturated rings. The highest BCUT2D eigenvalue weighted by Crippen LogP contribution is 2.25. The van der Waals surface area contributed by atoms with E-state index in [1.54, 1.807) is 11.6 Å². The van der Waals surface area contributed by atoms with Gasteiger partial charge in [-0.3, -0.25) is 14.9 Å². The predicted molar refractivity (Wildman–Crippen MR) is 69.2 cm³/mol. The van der Waals surface area contributed by atoms with Crippen LogP contribution in [0.4, 0.5) is 5.69 Å². The fraction of sp³-hybridized carbons (Fsp3) is 0.100. The molecule has 0 spiro atoms. The first-order valence-electron chi connectivity index (χ1n) is 5.05. The molecule has 0 atom stereocenters. The molecule has 9 heteroatoms. The minimum Gasteiger partial charge on any atom is -0.345 e. The number of carbonyl (C=O) groups is 1.